The fraction of sp³-hybridized carbons (Fsp3) is 0.429. The standard InChI is InChI=1S/C14H19N3O/c1-9(2)8-17-14(18)12-6-11(7-15)5-10(3)13(12)16-4/h5-6,9,16H,8H2,1-4H3,(H,17,18). The first kappa shape index (κ1) is 14.0. The van der Waals surface area contributed by atoms with Crippen LogP contribution >= 0.6 is 0 Å². The Labute approximate surface area is 108 Å². The van der Waals surface area contributed by atoms with Gasteiger partial charge in [0.25, 0.3) is 5.91 Å². The van der Waals surface area contributed by atoms with Crippen LogP contribution in [0.3, 0.4) is 0 Å². The van der Waals surface area contributed by atoms with E-state index in [0.717, 1.165) is 11.3 Å². The van der Waals surface area contributed by atoms with Gasteiger partial charge < -0.3 is 10.6 Å². The zero-order chi connectivity index (χ0) is 13.7. The molecule has 0 aliphatic rings. The van der Waals surface area contributed by atoms with Crippen LogP contribution in [0.5, 0.6) is 0 Å². The molecule has 1 aromatic rings. The number of nitrogens with one attached hydrogen (secondary N) is 2. The molecule has 0 aliphatic carbocycles. The van der Waals surface area contributed by atoms with Gasteiger partial charge in [-0.15, -0.1) is 0 Å². The van der Waals surface area contributed by atoms with E-state index < -0.39 is 0 Å². The average molecular weight is 245 g/mol. The number of benzene rings is 1. The smallest absolute Gasteiger partial charge is 0.253 e. The summed E-state index contributed by atoms with van der Waals surface area (Å²) in [6.45, 7) is 6.58. The van der Waals surface area contributed by atoms with Crippen LogP contribution in [-0.4, -0.2) is 19.5 Å². The van der Waals surface area contributed by atoms with Crippen molar-refractivity contribution < 1.29 is 4.79 Å². The second-order valence-electron chi connectivity index (χ2n) is 4.68. The maximum absolute atomic E-state index is 12.1. The molecule has 0 unspecified atom stereocenters. The van der Waals surface area contributed by atoms with Crippen molar-refractivity contribution in [2.45, 2.75) is 20.8 Å². The molecular formula is C14H19N3O. The molecule has 0 atom stereocenters. The maximum atomic E-state index is 12.1. The molecule has 96 valence electrons. The van der Waals surface area contributed by atoms with E-state index in [1.807, 2.05) is 20.8 Å². The summed E-state index contributed by atoms with van der Waals surface area (Å²) < 4.78 is 0. The minimum Gasteiger partial charge on any atom is -0.387 e. The highest BCUT2D eigenvalue weighted by Crippen LogP contribution is 2.22. The fourth-order valence-electron chi connectivity index (χ4n) is 1.75. The van der Waals surface area contributed by atoms with Gasteiger partial charge in [0.15, 0.2) is 0 Å². The van der Waals surface area contributed by atoms with E-state index in [-0.39, 0.29) is 5.91 Å². The minimum absolute atomic E-state index is 0.145. The molecule has 1 aromatic carbocycles. The SMILES string of the molecule is CNc1c(C)cc(C#N)cc1C(=O)NCC(C)C. The van der Waals surface area contributed by atoms with Gasteiger partial charge in [-0.1, -0.05) is 13.8 Å². The van der Waals surface area contributed by atoms with Crippen LogP contribution in [0.25, 0.3) is 0 Å². The molecule has 18 heavy (non-hydrogen) atoms. The second kappa shape index (κ2) is 6.06. The van der Waals surface area contributed by atoms with Crippen molar-refractivity contribution in [3.8, 4) is 6.07 Å². The van der Waals surface area contributed by atoms with Crippen molar-refractivity contribution in [2.75, 3.05) is 18.9 Å². The van der Waals surface area contributed by atoms with Crippen LogP contribution in [0, 0.1) is 24.2 Å². The predicted molar refractivity (Wildman–Crippen MR) is 72.6 cm³/mol. The molecular weight excluding hydrogens is 226 g/mol. The fourth-order valence-corrected chi connectivity index (χ4v) is 1.75. The summed E-state index contributed by atoms with van der Waals surface area (Å²) in [5.74, 6) is 0.250. The summed E-state index contributed by atoms with van der Waals surface area (Å²) in [7, 11) is 1.77. The van der Waals surface area contributed by atoms with E-state index in [9.17, 15) is 4.79 Å². The lowest BCUT2D eigenvalue weighted by Gasteiger charge is -2.14. The van der Waals surface area contributed by atoms with Crippen LogP contribution in [-0.2, 0) is 0 Å². The largest absolute Gasteiger partial charge is 0.387 e. The van der Waals surface area contributed by atoms with Crippen LogP contribution < -0.4 is 10.6 Å². The molecule has 0 aliphatic heterocycles. The second-order valence-corrected chi connectivity index (χ2v) is 4.68. The number of carbonyl (C=O) groups is 1. The highest BCUT2D eigenvalue weighted by atomic mass is 16.1. The lowest BCUT2D eigenvalue weighted by atomic mass is 10.0. The molecule has 4 heteroatoms. The number of hydrogen-bond donors (Lipinski definition) is 2. The third-order valence-corrected chi connectivity index (χ3v) is 2.63. The quantitative estimate of drug-likeness (QED) is 0.855. The van der Waals surface area contributed by atoms with Gasteiger partial charge in [0.2, 0.25) is 0 Å². The van der Waals surface area contributed by atoms with Gasteiger partial charge >= 0.3 is 0 Å². The number of carbonyl (C=O) groups excluding carboxylic acids is 1. The lowest BCUT2D eigenvalue weighted by Crippen LogP contribution is -2.28. The number of amides is 1. The number of aryl methyl sites for hydroxylation is 1. The molecule has 0 fully saturated rings. The minimum atomic E-state index is -0.145. The summed E-state index contributed by atoms with van der Waals surface area (Å²) in [6.07, 6.45) is 0. The van der Waals surface area contributed by atoms with Crippen molar-refractivity contribution in [3.05, 3.63) is 28.8 Å². The van der Waals surface area contributed by atoms with Gasteiger partial charge in [0.05, 0.1) is 17.2 Å². The number of nitriles is 1. The molecule has 0 saturated carbocycles. The van der Waals surface area contributed by atoms with Crippen LogP contribution in [0.1, 0.15) is 35.3 Å². The summed E-state index contributed by atoms with van der Waals surface area (Å²) in [5.41, 5.74) is 2.69. The number of rotatable bonds is 4. The summed E-state index contributed by atoms with van der Waals surface area (Å²) >= 11 is 0. The van der Waals surface area contributed by atoms with E-state index >= 15 is 0 Å². The van der Waals surface area contributed by atoms with Crippen LogP contribution in [0.15, 0.2) is 12.1 Å². The number of nitrogens with zero attached hydrogens (tertiary/aromatic N) is 1. The highest BCUT2D eigenvalue weighted by Gasteiger charge is 2.14. The zero-order valence-electron chi connectivity index (χ0n) is 11.3. The molecule has 0 bridgehead atoms. The van der Waals surface area contributed by atoms with E-state index in [4.69, 9.17) is 5.26 Å². The summed E-state index contributed by atoms with van der Waals surface area (Å²) in [4.78, 5) is 12.1. The normalized spacial score (nSPS) is 10.0. The third-order valence-electron chi connectivity index (χ3n) is 2.63. The van der Waals surface area contributed by atoms with Gasteiger partial charge in [-0.25, -0.2) is 0 Å². The van der Waals surface area contributed by atoms with Gasteiger partial charge in [0, 0.05) is 19.3 Å². The Morgan fingerprint density at radius 2 is 2.11 bits per heavy atom. The molecule has 1 amide bonds. The molecule has 0 aromatic heterocycles. The lowest BCUT2D eigenvalue weighted by molar-refractivity contribution is 0.0949. The van der Waals surface area contributed by atoms with Crippen molar-refractivity contribution in [2.24, 2.45) is 5.92 Å². The van der Waals surface area contributed by atoms with E-state index in [1.165, 1.54) is 0 Å². The van der Waals surface area contributed by atoms with Gasteiger partial charge in [-0.05, 0) is 30.5 Å². The van der Waals surface area contributed by atoms with Crippen LogP contribution in [0.4, 0.5) is 5.69 Å². The number of hydrogen-bond acceptors (Lipinski definition) is 3. The van der Waals surface area contributed by atoms with E-state index in [1.54, 1.807) is 19.2 Å². The van der Waals surface area contributed by atoms with Gasteiger partial charge in [-0.3, -0.25) is 4.79 Å². The third kappa shape index (κ3) is 3.24. The van der Waals surface area contributed by atoms with Gasteiger partial charge in [-0.2, -0.15) is 5.26 Å². The molecule has 0 saturated heterocycles. The first-order valence-electron chi connectivity index (χ1n) is 6.00. The zero-order valence-corrected chi connectivity index (χ0v) is 11.3. The van der Waals surface area contributed by atoms with E-state index in [2.05, 4.69) is 16.7 Å². The Morgan fingerprint density at radius 1 is 1.44 bits per heavy atom. The van der Waals surface area contributed by atoms with Gasteiger partial charge in [0.1, 0.15) is 0 Å². The Kier molecular flexibility index (Phi) is 4.73. The maximum Gasteiger partial charge on any atom is 0.253 e. The molecule has 0 spiro atoms. The van der Waals surface area contributed by atoms with Crippen molar-refractivity contribution >= 4 is 11.6 Å². The first-order chi connectivity index (χ1) is 8.49. The molecule has 1 rings (SSSR count). The summed E-state index contributed by atoms with van der Waals surface area (Å²) in [6, 6.07) is 5.46. The topological polar surface area (TPSA) is 64.9 Å². The average Bonchev–Trinajstić information content (AvgIpc) is 2.34. The first-order valence-corrected chi connectivity index (χ1v) is 6.00. The van der Waals surface area contributed by atoms with Crippen LogP contribution in [0.2, 0.25) is 0 Å². The molecule has 0 heterocycles. The Hall–Kier alpha value is -2.02. The Morgan fingerprint density at radius 3 is 2.61 bits per heavy atom. The molecule has 4 nitrogen and oxygen atoms in total. The predicted octanol–water partition coefficient (Wildman–Crippen LogP) is 2.29. The number of anilines is 1. The molecule has 2 N–H and O–H groups in total. The van der Waals surface area contributed by atoms with E-state index in [0.29, 0.717) is 23.6 Å². The van der Waals surface area contributed by atoms with Crippen molar-refractivity contribution in [1.29, 1.82) is 5.26 Å². The monoisotopic (exact) mass is 245 g/mol. The van der Waals surface area contributed by atoms with Crippen molar-refractivity contribution in [3.63, 3.8) is 0 Å². The Bertz CT molecular complexity index is 487. The van der Waals surface area contributed by atoms with Crippen molar-refractivity contribution in [1.82, 2.24) is 5.32 Å². The Balaban J connectivity index is 3.09. The highest BCUT2D eigenvalue weighted by molar-refractivity contribution is 6.00. The molecule has 0 radical (unpaired) electrons. The summed E-state index contributed by atoms with van der Waals surface area (Å²) in [5, 5.41) is 14.8.